The van der Waals surface area contributed by atoms with Crippen molar-refractivity contribution < 1.29 is 9.53 Å². The number of esters is 1. The average Bonchev–Trinajstić information content (AvgIpc) is 2.56. The SMILES string of the molecule is C#CC12CC3C4CC5(C#CC(=O)OC(C)C)CC3C(C1)C(C5)C4C2. The van der Waals surface area contributed by atoms with Gasteiger partial charge in [0.1, 0.15) is 0 Å². The van der Waals surface area contributed by atoms with E-state index >= 15 is 0 Å². The molecule has 0 N–H and O–H groups in total. The minimum atomic E-state index is -0.351. The van der Waals surface area contributed by atoms with Crippen LogP contribution in [0.5, 0.6) is 0 Å². The molecule has 0 aromatic rings. The van der Waals surface area contributed by atoms with Crippen molar-refractivity contribution in [2.45, 2.75) is 58.5 Å². The van der Waals surface area contributed by atoms with E-state index in [1.807, 2.05) is 13.8 Å². The fourth-order valence-corrected chi connectivity index (χ4v) is 7.69. The molecule has 0 unspecified atom stereocenters. The van der Waals surface area contributed by atoms with Gasteiger partial charge in [-0.3, -0.25) is 0 Å². The summed E-state index contributed by atoms with van der Waals surface area (Å²) < 4.78 is 5.21. The maximum absolute atomic E-state index is 11.9. The number of carbonyl (C=O) groups is 1. The van der Waals surface area contributed by atoms with Crippen molar-refractivity contribution in [3.63, 3.8) is 0 Å². The molecule has 7 saturated carbocycles. The highest BCUT2D eigenvalue weighted by atomic mass is 16.5. The summed E-state index contributed by atoms with van der Waals surface area (Å²) in [5.41, 5.74) is 0.320. The normalized spacial score (nSPS) is 52.1. The smallest absolute Gasteiger partial charge is 0.384 e. The third-order valence-corrected chi connectivity index (χ3v) is 8.14. The lowest BCUT2D eigenvalue weighted by atomic mass is 9.31. The molecule has 7 aliphatic rings. The Balaban J connectivity index is 1.44. The molecule has 126 valence electrons. The largest absolute Gasteiger partial charge is 0.453 e. The third kappa shape index (κ3) is 1.84. The highest BCUT2D eigenvalue weighted by Crippen LogP contribution is 2.76. The number of carbonyl (C=O) groups excluding carboxylic acids is 1. The molecule has 2 nitrogen and oxygen atoms in total. The zero-order chi connectivity index (χ0) is 16.7. The highest BCUT2D eigenvalue weighted by molar-refractivity contribution is 5.88. The second-order valence-electron chi connectivity index (χ2n) is 9.62. The van der Waals surface area contributed by atoms with Gasteiger partial charge < -0.3 is 4.74 Å². The Labute approximate surface area is 145 Å². The van der Waals surface area contributed by atoms with Crippen LogP contribution in [0.1, 0.15) is 52.4 Å². The molecule has 0 spiro atoms. The van der Waals surface area contributed by atoms with Gasteiger partial charge in [-0.25, -0.2) is 4.79 Å². The molecular weight excluding hydrogens is 296 g/mol. The Bertz CT molecular complexity index is 635. The van der Waals surface area contributed by atoms with E-state index in [0.717, 1.165) is 35.5 Å². The molecule has 7 aliphatic carbocycles. The van der Waals surface area contributed by atoms with Crippen LogP contribution >= 0.6 is 0 Å². The van der Waals surface area contributed by atoms with Gasteiger partial charge in [0, 0.05) is 16.8 Å². The van der Waals surface area contributed by atoms with E-state index in [9.17, 15) is 4.79 Å². The zero-order valence-electron chi connectivity index (χ0n) is 14.7. The molecule has 2 heteroatoms. The lowest BCUT2D eigenvalue weighted by Crippen LogP contribution is -2.67. The molecular formula is C22H26O2. The molecule has 24 heavy (non-hydrogen) atoms. The second kappa shape index (κ2) is 4.60. The van der Waals surface area contributed by atoms with Crippen molar-refractivity contribution in [3.8, 4) is 24.2 Å². The summed E-state index contributed by atoms with van der Waals surface area (Å²) in [5.74, 6) is 14.1. The minimum absolute atomic E-state index is 0.0885. The number of hydrogen-bond acceptors (Lipinski definition) is 2. The molecule has 7 rings (SSSR count). The van der Waals surface area contributed by atoms with E-state index in [-0.39, 0.29) is 22.9 Å². The summed E-state index contributed by atoms with van der Waals surface area (Å²) in [6.45, 7) is 3.75. The lowest BCUT2D eigenvalue weighted by molar-refractivity contribution is -0.233. The van der Waals surface area contributed by atoms with E-state index in [1.165, 1.54) is 38.5 Å². The van der Waals surface area contributed by atoms with Gasteiger partial charge in [-0.05, 0) is 87.9 Å². The second-order valence-corrected chi connectivity index (χ2v) is 9.62. The molecule has 0 aromatic heterocycles. The Morgan fingerprint density at radius 1 is 0.917 bits per heavy atom. The monoisotopic (exact) mass is 322 g/mol. The van der Waals surface area contributed by atoms with Crippen LogP contribution in [0, 0.1) is 70.5 Å². The van der Waals surface area contributed by atoms with Gasteiger partial charge >= 0.3 is 5.97 Å². The third-order valence-electron chi connectivity index (χ3n) is 8.14. The van der Waals surface area contributed by atoms with Crippen LogP contribution in [0.3, 0.4) is 0 Å². The maximum atomic E-state index is 11.9. The lowest BCUT2D eigenvalue weighted by Gasteiger charge is -2.73. The topological polar surface area (TPSA) is 26.3 Å². The Morgan fingerprint density at radius 2 is 1.33 bits per heavy atom. The van der Waals surface area contributed by atoms with Gasteiger partial charge in [0.05, 0.1) is 6.10 Å². The minimum Gasteiger partial charge on any atom is -0.453 e. The molecule has 0 atom stereocenters. The summed E-state index contributed by atoms with van der Waals surface area (Å²) in [5, 5.41) is 0. The first-order valence-electron chi connectivity index (χ1n) is 9.66. The van der Waals surface area contributed by atoms with Crippen molar-refractivity contribution in [2.75, 3.05) is 0 Å². The van der Waals surface area contributed by atoms with E-state index in [1.54, 1.807) is 0 Å². The molecule has 0 amide bonds. The number of hydrogen-bond donors (Lipinski definition) is 0. The summed E-state index contributed by atoms with van der Waals surface area (Å²) >= 11 is 0. The number of terminal acetylenes is 1. The van der Waals surface area contributed by atoms with Crippen molar-refractivity contribution in [1.29, 1.82) is 0 Å². The fourth-order valence-electron chi connectivity index (χ4n) is 7.69. The molecule has 0 saturated heterocycles. The van der Waals surface area contributed by atoms with Crippen LogP contribution in [0.2, 0.25) is 0 Å². The van der Waals surface area contributed by atoms with E-state index in [4.69, 9.17) is 11.2 Å². The Kier molecular flexibility index (Phi) is 2.86. The van der Waals surface area contributed by atoms with Gasteiger partial charge in [0.15, 0.2) is 0 Å². The molecule has 0 aliphatic heterocycles. The first-order valence-corrected chi connectivity index (χ1v) is 9.66. The standard InChI is InChI=1S/C22H26O2/c1-4-21-7-14-17-10-22(6-5-20(23)24-13(2)3)11-18(14)16(9-21)19(12-22)15(17)8-21/h1,13-19H,7-12H2,2-3H3. The first kappa shape index (κ1) is 14.9. The summed E-state index contributed by atoms with van der Waals surface area (Å²) in [6.07, 6.45) is 13.3. The summed E-state index contributed by atoms with van der Waals surface area (Å²) in [7, 11) is 0. The van der Waals surface area contributed by atoms with Crippen molar-refractivity contribution in [3.05, 3.63) is 0 Å². The van der Waals surface area contributed by atoms with Gasteiger partial charge in [0.2, 0.25) is 0 Å². The number of rotatable bonds is 1. The van der Waals surface area contributed by atoms with Crippen LogP contribution in [-0.2, 0) is 9.53 Å². The van der Waals surface area contributed by atoms with Gasteiger partial charge in [-0.15, -0.1) is 6.42 Å². The Hall–Kier alpha value is -1.41. The van der Waals surface area contributed by atoms with Crippen LogP contribution in [0.25, 0.3) is 0 Å². The predicted octanol–water partition coefficient (Wildman–Crippen LogP) is 3.65. The first-order chi connectivity index (χ1) is 11.4. The van der Waals surface area contributed by atoms with Crippen LogP contribution in [0.4, 0.5) is 0 Å². The van der Waals surface area contributed by atoms with E-state index < -0.39 is 0 Å². The highest BCUT2D eigenvalue weighted by Gasteiger charge is 2.70. The maximum Gasteiger partial charge on any atom is 0.384 e. The van der Waals surface area contributed by atoms with Crippen molar-refractivity contribution in [2.24, 2.45) is 46.3 Å². The Morgan fingerprint density at radius 3 is 1.71 bits per heavy atom. The molecule has 7 fully saturated rings. The van der Waals surface area contributed by atoms with Crippen molar-refractivity contribution in [1.82, 2.24) is 0 Å². The van der Waals surface area contributed by atoms with Crippen LogP contribution < -0.4 is 0 Å². The number of ether oxygens (including phenoxy) is 1. The van der Waals surface area contributed by atoms with Crippen LogP contribution in [-0.4, -0.2) is 12.1 Å². The van der Waals surface area contributed by atoms with E-state index in [2.05, 4.69) is 17.8 Å². The summed E-state index contributed by atoms with van der Waals surface area (Å²) in [4.78, 5) is 11.9. The molecule has 0 heterocycles. The van der Waals surface area contributed by atoms with Gasteiger partial charge in [0.25, 0.3) is 0 Å². The molecule has 0 aromatic carbocycles. The van der Waals surface area contributed by atoms with Crippen molar-refractivity contribution >= 4 is 5.97 Å². The average molecular weight is 322 g/mol. The van der Waals surface area contributed by atoms with Crippen LogP contribution in [0.15, 0.2) is 0 Å². The zero-order valence-corrected chi connectivity index (χ0v) is 14.7. The quantitative estimate of drug-likeness (QED) is 0.418. The summed E-state index contributed by atoms with van der Waals surface area (Å²) in [6, 6.07) is 0. The predicted molar refractivity (Wildman–Crippen MR) is 91.3 cm³/mol. The van der Waals surface area contributed by atoms with Gasteiger partial charge in [-0.2, -0.15) is 0 Å². The molecule has 8 bridgehead atoms. The molecule has 0 radical (unpaired) electrons. The van der Waals surface area contributed by atoms with E-state index in [0.29, 0.717) is 0 Å². The fraction of sp³-hybridized carbons (Fsp3) is 0.773. The van der Waals surface area contributed by atoms with Gasteiger partial charge in [-0.1, -0.05) is 11.8 Å².